The van der Waals surface area contributed by atoms with Crippen LogP contribution in [0.4, 0.5) is 0 Å². The lowest BCUT2D eigenvalue weighted by Gasteiger charge is -2.39. The highest BCUT2D eigenvalue weighted by Crippen LogP contribution is 2.35. The molecule has 2 saturated heterocycles. The number of fused-ring (bicyclic) bond motifs is 1. The molecule has 1 aromatic carbocycles. The van der Waals surface area contributed by atoms with Crippen molar-refractivity contribution in [3.05, 3.63) is 24.3 Å². The molecule has 4 nitrogen and oxygen atoms in total. The van der Waals surface area contributed by atoms with E-state index in [0.29, 0.717) is 17.4 Å². The molecule has 22 heavy (non-hydrogen) atoms. The molecule has 0 radical (unpaired) electrons. The second-order valence-electron chi connectivity index (χ2n) is 6.08. The molecular weight excluding hydrogens is 316 g/mol. The topological polar surface area (TPSA) is 49.4 Å². The van der Waals surface area contributed by atoms with E-state index < -0.39 is 10.0 Å². The average Bonchev–Trinajstić information content (AvgIpc) is 2.79. The van der Waals surface area contributed by atoms with Crippen LogP contribution in [0, 0.1) is 5.92 Å². The SMILES string of the molecule is CSc1ccccc1S(=O)(=O)N1CCCC2CNCCCC21. The lowest BCUT2D eigenvalue weighted by Crippen LogP contribution is -2.49. The number of benzene rings is 1. The minimum atomic E-state index is -3.41. The van der Waals surface area contributed by atoms with Crippen LogP contribution in [-0.4, -0.2) is 44.7 Å². The van der Waals surface area contributed by atoms with Gasteiger partial charge in [-0.1, -0.05) is 12.1 Å². The van der Waals surface area contributed by atoms with Crippen LogP contribution in [0.1, 0.15) is 25.7 Å². The Labute approximate surface area is 137 Å². The van der Waals surface area contributed by atoms with Gasteiger partial charge in [-0.25, -0.2) is 8.42 Å². The summed E-state index contributed by atoms with van der Waals surface area (Å²) >= 11 is 1.50. The lowest BCUT2D eigenvalue weighted by molar-refractivity contribution is 0.173. The van der Waals surface area contributed by atoms with Gasteiger partial charge in [0.05, 0.1) is 4.90 Å². The quantitative estimate of drug-likeness (QED) is 0.859. The number of hydrogen-bond donors (Lipinski definition) is 1. The monoisotopic (exact) mass is 340 g/mol. The van der Waals surface area contributed by atoms with E-state index in [2.05, 4.69) is 5.32 Å². The fourth-order valence-corrected chi connectivity index (χ4v) is 6.58. The number of sulfonamides is 1. The van der Waals surface area contributed by atoms with Crippen LogP contribution in [0.3, 0.4) is 0 Å². The number of hydrogen-bond acceptors (Lipinski definition) is 4. The van der Waals surface area contributed by atoms with Gasteiger partial charge in [0.2, 0.25) is 10.0 Å². The molecule has 0 aliphatic carbocycles. The number of thioether (sulfide) groups is 1. The summed E-state index contributed by atoms with van der Waals surface area (Å²) in [4.78, 5) is 1.32. The number of nitrogens with one attached hydrogen (secondary N) is 1. The molecule has 2 heterocycles. The molecule has 0 spiro atoms. The predicted octanol–water partition coefficient (Wildman–Crippen LogP) is 2.56. The maximum absolute atomic E-state index is 13.2. The van der Waals surface area contributed by atoms with Crippen molar-refractivity contribution < 1.29 is 8.42 Å². The zero-order valence-corrected chi connectivity index (χ0v) is 14.6. The summed E-state index contributed by atoms with van der Waals surface area (Å²) in [5, 5.41) is 3.46. The molecule has 2 aliphatic rings. The van der Waals surface area contributed by atoms with Crippen LogP contribution in [0.25, 0.3) is 0 Å². The van der Waals surface area contributed by atoms with E-state index in [1.54, 1.807) is 10.4 Å². The molecule has 0 amide bonds. The van der Waals surface area contributed by atoms with Crippen molar-refractivity contribution in [1.82, 2.24) is 9.62 Å². The minimum Gasteiger partial charge on any atom is -0.316 e. The Hall–Kier alpha value is -0.560. The van der Waals surface area contributed by atoms with E-state index in [-0.39, 0.29) is 6.04 Å². The first-order valence-electron chi connectivity index (χ1n) is 8.00. The summed E-state index contributed by atoms with van der Waals surface area (Å²) < 4.78 is 28.2. The molecule has 0 saturated carbocycles. The Morgan fingerprint density at radius 3 is 2.86 bits per heavy atom. The van der Waals surface area contributed by atoms with Crippen molar-refractivity contribution in [2.45, 2.75) is 41.5 Å². The highest BCUT2D eigenvalue weighted by molar-refractivity contribution is 7.99. The van der Waals surface area contributed by atoms with Crippen molar-refractivity contribution in [2.24, 2.45) is 5.92 Å². The van der Waals surface area contributed by atoms with Gasteiger partial charge < -0.3 is 5.32 Å². The van der Waals surface area contributed by atoms with E-state index >= 15 is 0 Å². The van der Waals surface area contributed by atoms with Crippen molar-refractivity contribution in [3.8, 4) is 0 Å². The minimum absolute atomic E-state index is 0.156. The standard InChI is InChI=1S/C16H24N2O2S2/c1-21-15-8-2-3-9-16(15)22(19,20)18-11-5-6-13-12-17-10-4-7-14(13)18/h2-3,8-9,13-14,17H,4-7,10-12H2,1H3. The van der Waals surface area contributed by atoms with Crippen LogP contribution in [0.2, 0.25) is 0 Å². The molecule has 1 N–H and O–H groups in total. The van der Waals surface area contributed by atoms with Crippen molar-refractivity contribution in [2.75, 3.05) is 25.9 Å². The van der Waals surface area contributed by atoms with Crippen molar-refractivity contribution in [1.29, 1.82) is 0 Å². The summed E-state index contributed by atoms with van der Waals surface area (Å²) in [7, 11) is -3.41. The summed E-state index contributed by atoms with van der Waals surface area (Å²) in [6.07, 6.45) is 6.05. The Morgan fingerprint density at radius 2 is 2.05 bits per heavy atom. The Balaban J connectivity index is 1.96. The van der Waals surface area contributed by atoms with Crippen molar-refractivity contribution in [3.63, 3.8) is 0 Å². The zero-order valence-electron chi connectivity index (χ0n) is 13.0. The molecule has 0 aromatic heterocycles. The van der Waals surface area contributed by atoms with Gasteiger partial charge >= 0.3 is 0 Å². The van der Waals surface area contributed by atoms with Gasteiger partial charge in [0, 0.05) is 17.5 Å². The van der Waals surface area contributed by atoms with Crippen molar-refractivity contribution >= 4 is 21.8 Å². The summed E-state index contributed by atoms with van der Waals surface area (Å²) in [6, 6.07) is 7.53. The summed E-state index contributed by atoms with van der Waals surface area (Å²) in [5.41, 5.74) is 0. The van der Waals surface area contributed by atoms with Gasteiger partial charge in [0.25, 0.3) is 0 Å². The highest BCUT2D eigenvalue weighted by Gasteiger charge is 2.39. The number of rotatable bonds is 3. The molecular formula is C16H24N2O2S2. The van der Waals surface area contributed by atoms with Gasteiger partial charge in [-0.05, 0) is 63.1 Å². The van der Waals surface area contributed by atoms with Crippen LogP contribution >= 0.6 is 11.8 Å². The highest BCUT2D eigenvalue weighted by atomic mass is 32.2. The Bertz CT molecular complexity index is 618. The third-order valence-electron chi connectivity index (χ3n) is 4.78. The zero-order chi connectivity index (χ0) is 15.6. The predicted molar refractivity (Wildman–Crippen MR) is 90.7 cm³/mol. The third-order valence-corrected chi connectivity index (χ3v) is 7.69. The van der Waals surface area contributed by atoms with Gasteiger partial charge in [-0.3, -0.25) is 0 Å². The first-order valence-corrected chi connectivity index (χ1v) is 10.7. The molecule has 3 rings (SSSR count). The second kappa shape index (κ2) is 6.91. The number of piperidine rings is 1. The molecule has 2 aliphatic heterocycles. The van der Waals surface area contributed by atoms with Crippen LogP contribution < -0.4 is 5.32 Å². The number of nitrogens with zero attached hydrogens (tertiary/aromatic N) is 1. The molecule has 6 heteroatoms. The lowest BCUT2D eigenvalue weighted by atomic mass is 9.89. The normalized spacial score (nSPS) is 27.1. The largest absolute Gasteiger partial charge is 0.316 e. The fraction of sp³-hybridized carbons (Fsp3) is 0.625. The maximum atomic E-state index is 13.2. The van der Waals surface area contributed by atoms with Gasteiger partial charge in [-0.2, -0.15) is 4.31 Å². The van der Waals surface area contributed by atoms with E-state index in [9.17, 15) is 8.42 Å². The van der Waals surface area contributed by atoms with Gasteiger partial charge in [0.15, 0.2) is 0 Å². The molecule has 2 atom stereocenters. The first kappa shape index (κ1) is 16.3. The third kappa shape index (κ3) is 3.07. The summed E-state index contributed by atoms with van der Waals surface area (Å²) in [5.74, 6) is 0.451. The Morgan fingerprint density at radius 1 is 1.23 bits per heavy atom. The van der Waals surface area contributed by atoms with Crippen LogP contribution in [0.15, 0.2) is 34.1 Å². The second-order valence-corrected chi connectivity index (χ2v) is 8.79. The fourth-order valence-electron chi connectivity index (χ4n) is 3.70. The van der Waals surface area contributed by atoms with Crippen LogP contribution in [0.5, 0.6) is 0 Å². The Kier molecular flexibility index (Phi) is 5.12. The smallest absolute Gasteiger partial charge is 0.244 e. The maximum Gasteiger partial charge on any atom is 0.244 e. The van der Waals surface area contributed by atoms with E-state index in [1.807, 2.05) is 24.5 Å². The van der Waals surface area contributed by atoms with Gasteiger partial charge in [-0.15, -0.1) is 11.8 Å². The molecule has 2 unspecified atom stereocenters. The molecule has 122 valence electrons. The van der Waals surface area contributed by atoms with E-state index in [1.165, 1.54) is 11.8 Å². The summed E-state index contributed by atoms with van der Waals surface area (Å²) in [6.45, 7) is 2.61. The van der Waals surface area contributed by atoms with Gasteiger partial charge in [0.1, 0.15) is 0 Å². The molecule has 0 bridgehead atoms. The van der Waals surface area contributed by atoms with E-state index in [4.69, 9.17) is 0 Å². The molecule has 2 fully saturated rings. The average molecular weight is 341 g/mol. The van der Waals surface area contributed by atoms with E-state index in [0.717, 1.165) is 43.7 Å². The first-order chi connectivity index (χ1) is 10.6. The molecule has 1 aromatic rings. The van der Waals surface area contributed by atoms with Crippen LogP contribution in [-0.2, 0) is 10.0 Å².